The Kier molecular flexibility index (Phi) is 4.29. The summed E-state index contributed by atoms with van der Waals surface area (Å²) in [7, 11) is 0. The minimum atomic E-state index is -0.470. The van der Waals surface area contributed by atoms with Crippen molar-refractivity contribution in [1.29, 1.82) is 0 Å². The molecule has 0 saturated heterocycles. The first-order valence-electron chi connectivity index (χ1n) is 4.82. The molecule has 3 N–H and O–H groups in total. The van der Waals surface area contributed by atoms with Crippen molar-refractivity contribution in [2.45, 2.75) is 25.9 Å². The van der Waals surface area contributed by atoms with Gasteiger partial charge in [-0.15, -0.1) is 0 Å². The van der Waals surface area contributed by atoms with Crippen LogP contribution in [0.3, 0.4) is 0 Å². The average molecular weight is 271 g/mol. The molecule has 1 aromatic carbocycles. The highest BCUT2D eigenvalue weighted by Crippen LogP contribution is 2.16. The third-order valence-electron chi connectivity index (χ3n) is 2.14. The van der Waals surface area contributed by atoms with Gasteiger partial charge in [-0.1, -0.05) is 28.1 Å². The summed E-state index contributed by atoms with van der Waals surface area (Å²) in [4.78, 5) is 11.3. The molecule has 0 unspecified atom stereocenters. The van der Waals surface area contributed by atoms with Gasteiger partial charge in [-0.25, -0.2) is 0 Å². The summed E-state index contributed by atoms with van der Waals surface area (Å²) in [6.07, 6.45) is 0. The van der Waals surface area contributed by atoms with E-state index in [0.717, 1.165) is 10.0 Å². The molecule has 1 rings (SSSR count). The normalized spacial score (nSPS) is 14.4. The number of rotatable bonds is 3. The second kappa shape index (κ2) is 5.28. The monoisotopic (exact) mass is 270 g/mol. The quantitative estimate of drug-likeness (QED) is 0.883. The Morgan fingerprint density at radius 3 is 2.33 bits per heavy atom. The lowest BCUT2D eigenvalue weighted by atomic mass is 10.1. The first-order valence-corrected chi connectivity index (χ1v) is 5.61. The van der Waals surface area contributed by atoms with Crippen LogP contribution in [0.2, 0.25) is 0 Å². The van der Waals surface area contributed by atoms with Gasteiger partial charge >= 0.3 is 0 Å². The summed E-state index contributed by atoms with van der Waals surface area (Å²) in [5.74, 6) is -0.134. The second-order valence-corrected chi connectivity index (χ2v) is 4.49. The Bertz CT molecular complexity index is 335. The number of amides is 1. The fourth-order valence-electron chi connectivity index (χ4n) is 1.18. The van der Waals surface area contributed by atoms with Crippen molar-refractivity contribution in [3.8, 4) is 0 Å². The highest BCUT2D eigenvalue weighted by Gasteiger charge is 2.12. The maximum Gasteiger partial charge on any atom is 0.237 e. The second-order valence-electron chi connectivity index (χ2n) is 3.57. The number of nitrogens with two attached hydrogens (primary N) is 1. The Balaban J connectivity index is 2.65. The van der Waals surface area contributed by atoms with Crippen molar-refractivity contribution in [3.05, 3.63) is 34.3 Å². The van der Waals surface area contributed by atoms with Crippen LogP contribution in [0.15, 0.2) is 28.7 Å². The smallest absolute Gasteiger partial charge is 0.237 e. The van der Waals surface area contributed by atoms with E-state index >= 15 is 0 Å². The van der Waals surface area contributed by atoms with Crippen molar-refractivity contribution in [2.75, 3.05) is 0 Å². The van der Waals surface area contributed by atoms with Crippen molar-refractivity contribution in [1.82, 2.24) is 5.32 Å². The molecule has 0 radical (unpaired) electrons. The zero-order valence-corrected chi connectivity index (χ0v) is 10.4. The van der Waals surface area contributed by atoms with E-state index in [0.29, 0.717) is 0 Å². The predicted octanol–water partition coefficient (Wildman–Crippen LogP) is 1.97. The number of halogens is 1. The van der Waals surface area contributed by atoms with Crippen LogP contribution in [-0.4, -0.2) is 11.9 Å². The Morgan fingerprint density at radius 2 is 1.87 bits per heavy atom. The van der Waals surface area contributed by atoms with E-state index in [1.165, 1.54) is 0 Å². The lowest BCUT2D eigenvalue weighted by molar-refractivity contribution is -0.122. The molecule has 0 aliphatic carbocycles. The van der Waals surface area contributed by atoms with Gasteiger partial charge in [-0.2, -0.15) is 0 Å². The lowest BCUT2D eigenvalue weighted by Crippen LogP contribution is -2.39. The molecule has 1 aromatic rings. The van der Waals surface area contributed by atoms with Crippen LogP contribution in [0.25, 0.3) is 0 Å². The molecule has 0 aliphatic rings. The van der Waals surface area contributed by atoms with E-state index in [2.05, 4.69) is 21.2 Å². The van der Waals surface area contributed by atoms with Crippen molar-refractivity contribution < 1.29 is 4.79 Å². The highest BCUT2D eigenvalue weighted by molar-refractivity contribution is 9.10. The van der Waals surface area contributed by atoms with Gasteiger partial charge in [0.25, 0.3) is 0 Å². The summed E-state index contributed by atoms with van der Waals surface area (Å²) >= 11 is 3.36. The number of carbonyl (C=O) groups is 1. The van der Waals surface area contributed by atoms with Crippen LogP contribution < -0.4 is 11.1 Å². The molecule has 1 amide bonds. The molecule has 0 spiro atoms. The third kappa shape index (κ3) is 3.64. The first kappa shape index (κ1) is 12.2. The fraction of sp³-hybridized carbons (Fsp3) is 0.364. The first-order chi connectivity index (χ1) is 7.00. The third-order valence-corrected chi connectivity index (χ3v) is 2.67. The van der Waals surface area contributed by atoms with Crippen LogP contribution in [0, 0.1) is 0 Å². The molecule has 0 fully saturated rings. The molecule has 0 bridgehead atoms. The van der Waals surface area contributed by atoms with E-state index in [9.17, 15) is 4.79 Å². The molecule has 15 heavy (non-hydrogen) atoms. The molecule has 0 heterocycles. The highest BCUT2D eigenvalue weighted by atomic mass is 79.9. The number of carbonyl (C=O) groups excluding carboxylic acids is 1. The van der Waals surface area contributed by atoms with E-state index < -0.39 is 6.04 Å². The molecule has 3 nitrogen and oxygen atoms in total. The maximum absolute atomic E-state index is 11.3. The van der Waals surface area contributed by atoms with Gasteiger partial charge in [0.15, 0.2) is 0 Å². The zero-order valence-electron chi connectivity index (χ0n) is 8.83. The molecule has 0 aromatic heterocycles. The number of benzene rings is 1. The summed E-state index contributed by atoms with van der Waals surface area (Å²) in [5, 5.41) is 2.84. The van der Waals surface area contributed by atoms with E-state index in [1.807, 2.05) is 31.2 Å². The van der Waals surface area contributed by atoms with E-state index in [4.69, 9.17) is 5.73 Å². The molecule has 4 heteroatoms. The van der Waals surface area contributed by atoms with Gasteiger partial charge in [0, 0.05) is 4.47 Å². The fourth-order valence-corrected chi connectivity index (χ4v) is 1.44. The van der Waals surface area contributed by atoms with Gasteiger partial charge in [0.05, 0.1) is 12.1 Å². The SMILES string of the molecule is C[C@@H](N)C(=O)N[C@H](C)c1ccc(Br)cc1. The number of nitrogens with one attached hydrogen (secondary N) is 1. The van der Waals surface area contributed by atoms with Gasteiger partial charge < -0.3 is 11.1 Å². The molecule has 0 aliphatic heterocycles. The summed E-state index contributed by atoms with van der Waals surface area (Å²) in [6.45, 7) is 3.60. The van der Waals surface area contributed by atoms with Gasteiger partial charge in [0.1, 0.15) is 0 Å². The standard InChI is InChI=1S/C11H15BrN2O/c1-7(13)11(15)14-8(2)9-3-5-10(12)6-4-9/h3-8H,13H2,1-2H3,(H,14,15)/t7-,8-/m1/s1. The molecule has 0 saturated carbocycles. The van der Waals surface area contributed by atoms with Gasteiger partial charge in [-0.3, -0.25) is 4.79 Å². The Labute approximate surface area is 98.2 Å². The van der Waals surface area contributed by atoms with Crippen LogP contribution in [-0.2, 0) is 4.79 Å². The summed E-state index contributed by atoms with van der Waals surface area (Å²) in [5.41, 5.74) is 6.53. The predicted molar refractivity (Wildman–Crippen MR) is 64.3 cm³/mol. The van der Waals surface area contributed by atoms with Gasteiger partial charge in [0.2, 0.25) is 5.91 Å². The maximum atomic E-state index is 11.3. The number of hydrogen-bond acceptors (Lipinski definition) is 2. The molecular formula is C11H15BrN2O. The van der Waals surface area contributed by atoms with Gasteiger partial charge in [-0.05, 0) is 31.5 Å². The summed E-state index contributed by atoms with van der Waals surface area (Å²) < 4.78 is 1.02. The average Bonchev–Trinajstić information content (AvgIpc) is 2.18. The van der Waals surface area contributed by atoms with Crippen LogP contribution in [0.4, 0.5) is 0 Å². The minimum Gasteiger partial charge on any atom is -0.348 e. The number of hydrogen-bond donors (Lipinski definition) is 2. The zero-order chi connectivity index (χ0) is 11.4. The Hall–Kier alpha value is -0.870. The minimum absolute atomic E-state index is 0.0170. The van der Waals surface area contributed by atoms with Crippen molar-refractivity contribution >= 4 is 21.8 Å². The van der Waals surface area contributed by atoms with E-state index in [1.54, 1.807) is 6.92 Å². The van der Waals surface area contributed by atoms with Crippen molar-refractivity contribution in [3.63, 3.8) is 0 Å². The van der Waals surface area contributed by atoms with Crippen molar-refractivity contribution in [2.24, 2.45) is 5.73 Å². The van der Waals surface area contributed by atoms with Crippen LogP contribution in [0.5, 0.6) is 0 Å². The largest absolute Gasteiger partial charge is 0.348 e. The van der Waals surface area contributed by atoms with Crippen LogP contribution >= 0.6 is 15.9 Å². The molecular weight excluding hydrogens is 256 g/mol. The molecule has 2 atom stereocenters. The van der Waals surface area contributed by atoms with E-state index in [-0.39, 0.29) is 11.9 Å². The Morgan fingerprint density at radius 1 is 1.33 bits per heavy atom. The molecule has 82 valence electrons. The lowest BCUT2D eigenvalue weighted by Gasteiger charge is -2.15. The van der Waals surface area contributed by atoms with Crippen LogP contribution in [0.1, 0.15) is 25.5 Å². The topological polar surface area (TPSA) is 55.1 Å². The summed E-state index contributed by atoms with van der Waals surface area (Å²) in [6, 6.07) is 7.35.